The molecular weight excluding hydrogens is 398 g/mol. The largest absolute Gasteiger partial charge is 0.330 e. The molecule has 1 aliphatic rings. The molecular formula is C23H32N3O3S+. The van der Waals surface area contributed by atoms with E-state index in [1.165, 1.54) is 14.8 Å². The van der Waals surface area contributed by atoms with Gasteiger partial charge in [-0.25, -0.2) is 8.42 Å². The molecule has 2 aromatic rings. The highest BCUT2D eigenvalue weighted by Crippen LogP contribution is 2.22. The molecule has 1 N–H and O–H groups in total. The maximum Gasteiger partial charge on any atom is 0.243 e. The van der Waals surface area contributed by atoms with Gasteiger partial charge in [0.05, 0.1) is 38.1 Å². The van der Waals surface area contributed by atoms with Crippen molar-refractivity contribution in [1.29, 1.82) is 0 Å². The van der Waals surface area contributed by atoms with Gasteiger partial charge in [-0.15, -0.1) is 0 Å². The molecule has 1 heterocycles. The van der Waals surface area contributed by atoms with E-state index in [2.05, 4.69) is 26.0 Å². The predicted octanol–water partition coefficient (Wildman–Crippen LogP) is 1.50. The highest BCUT2D eigenvalue weighted by molar-refractivity contribution is 7.92. The van der Waals surface area contributed by atoms with E-state index in [0.717, 1.165) is 31.5 Å². The zero-order valence-corrected chi connectivity index (χ0v) is 18.9. The number of sulfonamides is 1. The maximum absolute atomic E-state index is 12.9. The number of nitrogens with zero attached hydrogens (tertiary/aromatic N) is 2. The van der Waals surface area contributed by atoms with Crippen molar-refractivity contribution in [3.8, 4) is 0 Å². The molecule has 0 bridgehead atoms. The summed E-state index contributed by atoms with van der Waals surface area (Å²) in [6, 6.07) is 17.8. The van der Waals surface area contributed by atoms with Crippen LogP contribution in [0, 0.1) is 0 Å². The van der Waals surface area contributed by atoms with Crippen molar-refractivity contribution in [2.45, 2.75) is 26.3 Å². The molecule has 1 fully saturated rings. The minimum Gasteiger partial charge on any atom is -0.330 e. The Kier molecular flexibility index (Phi) is 7.15. The topological polar surface area (TPSA) is 62.1 Å². The molecule has 162 valence electrons. The molecule has 1 aliphatic heterocycles. The lowest BCUT2D eigenvalue weighted by Gasteiger charge is -2.33. The van der Waals surface area contributed by atoms with Gasteiger partial charge in [0.1, 0.15) is 13.1 Å². The molecule has 0 atom stereocenters. The lowest BCUT2D eigenvalue weighted by Crippen LogP contribution is -3.13. The molecule has 0 spiro atoms. The van der Waals surface area contributed by atoms with E-state index in [0.29, 0.717) is 24.7 Å². The summed E-state index contributed by atoms with van der Waals surface area (Å²) in [4.78, 5) is 16.1. The molecule has 0 radical (unpaired) electrons. The molecule has 0 saturated carbocycles. The fourth-order valence-electron chi connectivity index (χ4n) is 3.78. The molecule has 6 nitrogen and oxygen atoms in total. The van der Waals surface area contributed by atoms with Gasteiger partial charge in [-0.05, 0) is 23.6 Å². The van der Waals surface area contributed by atoms with Gasteiger partial charge >= 0.3 is 0 Å². The summed E-state index contributed by atoms with van der Waals surface area (Å²) in [6.07, 6.45) is 1.15. The number of nitrogens with one attached hydrogen (secondary N) is 1. The number of hydrogen-bond acceptors (Lipinski definition) is 3. The predicted molar refractivity (Wildman–Crippen MR) is 120 cm³/mol. The summed E-state index contributed by atoms with van der Waals surface area (Å²) in [5, 5.41) is 0. The number of piperazine rings is 1. The lowest BCUT2D eigenvalue weighted by molar-refractivity contribution is -0.917. The van der Waals surface area contributed by atoms with Crippen LogP contribution in [0.3, 0.4) is 0 Å². The summed E-state index contributed by atoms with van der Waals surface area (Å²) in [5.41, 5.74) is 2.96. The molecule has 0 unspecified atom stereocenters. The van der Waals surface area contributed by atoms with E-state index in [4.69, 9.17) is 0 Å². The van der Waals surface area contributed by atoms with E-state index < -0.39 is 10.0 Å². The summed E-state index contributed by atoms with van der Waals surface area (Å²) < 4.78 is 26.0. The Morgan fingerprint density at radius 2 is 1.63 bits per heavy atom. The number of carbonyl (C=O) groups is 1. The average molecular weight is 431 g/mol. The first-order valence-corrected chi connectivity index (χ1v) is 12.3. The van der Waals surface area contributed by atoms with Crippen LogP contribution in [-0.4, -0.2) is 58.2 Å². The van der Waals surface area contributed by atoms with Gasteiger partial charge in [0.2, 0.25) is 15.9 Å². The Morgan fingerprint density at radius 1 is 1.03 bits per heavy atom. The van der Waals surface area contributed by atoms with Crippen LogP contribution in [0.5, 0.6) is 0 Å². The Hall–Kier alpha value is -2.38. The number of anilines is 1. The third kappa shape index (κ3) is 5.83. The van der Waals surface area contributed by atoms with E-state index in [1.807, 2.05) is 30.3 Å². The van der Waals surface area contributed by atoms with Crippen LogP contribution >= 0.6 is 0 Å². The van der Waals surface area contributed by atoms with Crippen LogP contribution < -0.4 is 9.21 Å². The average Bonchev–Trinajstić information content (AvgIpc) is 2.72. The minimum atomic E-state index is -3.56. The lowest BCUT2D eigenvalue weighted by atomic mass is 10.0. The van der Waals surface area contributed by atoms with Crippen molar-refractivity contribution in [2.75, 3.05) is 43.3 Å². The van der Waals surface area contributed by atoms with Crippen molar-refractivity contribution in [3.05, 3.63) is 65.7 Å². The SMILES string of the molecule is CC(C)c1ccc(N(CC(=O)N2CC[NH+](Cc3ccccc3)CC2)S(C)(=O)=O)cc1. The second-order valence-corrected chi connectivity index (χ2v) is 10.2. The van der Waals surface area contributed by atoms with Crippen molar-refractivity contribution in [1.82, 2.24) is 4.90 Å². The first-order valence-electron chi connectivity index (χ1n) is 10.5. The maximum atomic E-state index is 12.9. The van der Waals surface area contributed by atoms with Gasteiger partial charge in [-0.3, -0.25) is 9.10 Å². The highest BCUT2D eigenvalue weighted by atomic mass is 32.2. The molecule has 2 aromatic carbocycles. The fourth-order valence-corrected chi connectivity index (χ4v) is 4.63. The second-order valence-electron chi connectivity index (χ2n) is 8.31. The number of amides is 1. The summed E-state index contributed by atoms with van der Waals surface area (Å²) in [6.45, 7) is 7.98. The molecule has 7 heteroatoms. The van der Waals surface area contributed by atoms with Crippen molar-refractivity contribution >= 4 is 21.6 Å². The van der Waals surface area contributed by atoms with Gasteiger partial charge in [0, 0.05) is 5.56 Å². The summed E-state index contributed by atoms with van der Waals surface area (Å²) >= 11 is 0. The van der Waals surface area contributed by atoms with Crippen LogP contribution in [0.25, 0.3) is 0 Å². The second kappa shape index (κ2) is 9.62. The van der Waals surface area contributed by atoms with Crippen molar-refractivity contribution in [2.24, 2.45) is 0 Å². The van der Waals surface area contributed by atoms with Gasteiger partial charge in [0.15, 0.2) is 0 Å². The van der Waals surface area contributed by atoms with Gasteiger partial charge in [-0.1, -0.05) is 56.3 Å². The molecule has 1 amide bonds. The molecule has 3 rings (SSSR count). The first-order chi connectivity index (χ1) is 14.2. The molecule has 1 saturated heterocycles. The fraction of sp³-hybridized carbons (Fsp3) is 0.435. The van der Waals surface area contributed by atoms with E-state index in [1.54, 1.807) is 17.0 Å². The number of carbonyl (C=O) groups excluding carboxylic acids is 1. The van der Waals surface area contributed by atoms with E-state index >= 15 is 0 Å². The Morgan fingerprint density at radius 3 is 2.17 bits per heavy atom. The van der Waals surface area contributed by atoms with Gasteiger partial charge < -0.3 is 9.80 Å². The first kappa shape index (κ1) is 22.3. The van der Waals surface area contributed by atoms with E-state index in [-0.39, 0.29) is 12.5 Å². The Balaban J connectivity index is 1.61. The molecule has 0 aliphatic carbocycles. The number of hydrogen-bond donors (Lipinski definition) is 1. The zero-order valence-electron chi connectivity index (χ0n) is 18.0. The normalized spacial score (nSPS) is 15.4. The van der Waals surface area contributed by atoms with Crippen LogP contribution in [0.2, 0.25) is 0 Å². The highest BCUT2D eigenvalue weighted by Gasteiger charge is 2.28. The monoisotopic (exact) mass is 430 g/mol. The zero-order chi connectivity index (χ0) is 21.7. The summed E-state index contributed by atoms with van der Waals surface area (Å²) in [7, 11) is -3.56. The third-order valence-electron chi connectivity index (χ3n) is 5.65. The third-order valence-corrected chi connectivity index (χ3v) is 6.79. The summed E-state index contributed by atoms with van der Waals surface area (Å²) in [5.74, 6) is 0.217. The van der Waals surface area contributed by atoms with Crippen molar-refractivity contribution in [3.63, 3.8) is 0 Å². The standard InChI is InChI=1S/C23H31N3O3S/c1-19(2)21-9-11-22(12-10-21)26(30(3,28)29)18-23(27)25-15-13-24(14-16-25)17-20-7-5-4-6-8-20/h4-12,19H,13-18H2,1-3H3/p+1. The Labute approximate surface area is 180 Å². The van der Waals surface area contributed by atoms with Crippen LogP contribution in [0.1, 0.15) is 30.9 Å². The quantitative estimate of drug-likeness (QED) is 0.724. The number of rotatable bonds is 7. The molecule has 30 heavy (non-hydrogen) atoms. The smallest absolute Gasteiger partial charge is 0.243 e. The number of benzene rings is 2. The molecule has 0 aromatic heterocycles. The van der Waals surface area contributed by atoms with Crippen molar-refractivity contribution < 1.29 is 18.1 Å². The van der Waals surface area contributed by atoms with Gasteiger partial charge in [0.25, 0.3) is 0 Å². The van der Waals surface area contributed by atoms with E-state index in [9.17, 15) is 13.2 Å². The van der Waals surface area contributed by atoms with Crippen LogP contribution in [-0.2, 0) is 21.4 Å². The van der Waals surface area contributed by atoms with Gasteiger partial charge in [-0.2, -0.15) is 0 Å². The van der Waals surface area contributed by atoms with Crippen LogP contribution in [0.4, 0.5) is 5.69 Å². The minimum absolute atomic E-state index is 0.146. The van der Waals surface area contributed by atoms with Crippen LogP contribution in [0.15, 0.2) is 54.6 Å². The Bertz CT molecular complexity index is 935. The number of quaternary nitrogens is 1.